The topological polar surface area (TPSA) is 84.5 Å². The number of methoxy groups -OCH3 is 1. The first-order valence-electron chi connectivity index (χ1n) is 7.41. The number of rotatable bonds is 7. The first-order chi connectivity index (χ1) is 11.4. The lowest BCUT2D eigenvalue weighted by Gasteiger charge is -2.12. The minimum atomic E-state index is -3.67. The van der Waals surface area contributed by atoms with E-state index in [4.69, 9.17) is 4.74 Å². The summed E-state index contributed by atoms with van der Waals surface area (Å²) < 4.78 is 32.5. The fourth-order valence-electron chi connectivity index (χ4n) is 2.20. The molecule has 1 amide bonds. The van der Waals surface area contributed by atoms with Gasteiger partial charge in [-0.2, -0.15) is 0 Å². The number of hydrogen-bond acceptors (Lipinski definition) is 4. The van der Waals surface area contributed by atoms with Crippen molar-refractivity contribution >= 4 is 21.6 Å². The quantitative estimate of drug-likeness (QED) is 0.803. The molecule has 2 aromatic carbocycles. The van der Waals surface area contributed by atoms with E-state index in [0.29, 0.717) is 17.9 Å². The summed E-state index contributed by atoms with van der Waals surface area (Å²) >= 11 is 0. The Morgan fingerprint density at radius 1 is 1.12 bits per heavy atom. The summed E-state index contributed by atoms with van der Waals surface area (Å²) in [6, 6.07) is 13.9. The summed E-state index contributed by atoms with van der Waals surface area (Å²) in [6.45, 7) is 1.63. The van der Waals surface area contributed by atoms with Crippen molar-refractivity contribution < 1.29 is 17.9 Å². The molecule has 24 heavy (non-hydrogen) atoms. The Labute approximate surface area is 141 Å². The van der Waals surface area contributed by atoms with E-state index in [1.807, 2.05) is 30.3 Å². The van der Waals surface area contributed by atoms with E-state index in [1.165, 1.54) is 32.2 Å². The molecule has 2 aromatic rings. The predicted octanol–water partition coefficient (Wildman–Crippen LogP) is 2.17. The minimum Gasteiger partial charge on any atom is -0.495 e. The van der Waals surface area contributed by atoms with Crippen LogP contribution < -0.4 is 14.8 Å². The molecule has 0 bridgehead atoms. The Kier molecular flexibility index (Phi) is 5.94. The van der Waals surface area contributed by atoms with E-state index in [9.17, 15) is 13.2 Å². The van der Waals surface area contributed by atoms with Gasteiger partial charge in [0.2, 0.25) is 15.9 Å². The lowest BCUT2D eigenvalue weighted by atomic mass is 10.2. The van der Waals surface area contributed by atoms with E-state index < -0.39 is 10.0 Å². The highest BCUT2D eigenvalue weighted by atomic mass is 32.2. The largest absolute Gasteiger partial charge is 0.495 e. The van der Waals surface area contributed by atoms with Crippen LogP contribution in [0.3, 0.4) is 0 Å². The third kappa shape index (κ3) is 4.81. The van der Waals surface area contributed by atoms with Crippen molar-refractivity contribution in [2.75, 3.05) is 19.0 Å². The number of carbonyl (C=O) groups is 1. The first kappa shape index (κ1) is 18.0. The molecule has 0 atom stereocenters. The molecule has 2 N–H and O–H groups in total. The maximum Gasteiger partial charge on any atom is 0.240 e. The SMILES string of the molecule is COc1ccc(S(=O)(=O)NCCc2ccccc2)cc1NC(C)=O. The summed E-state index contributed by atoms with van der Waals surface area (Å²) in [7, 11) is -2.22. The second-order valence-corrected chi connectivity index (χ2v) is 6.94. The lowest BCUT2D eigenvalue weighted by Crippen LogP contribution is -2.26. The van der Waals surface area contributed by atoms with Gasteiger partial charge in [0.05, 0.1) is 17.7 Å². The summed E-state index contributed by atoms with van der Waals surface area (Å²) in [4.78, 5) is 11.3. The second-order valence-electron chi connectivity index (χ2n) is 5.18. The lowest BCUT2D eigenvalue weighted by molar-refractivity contribution is -0.114. The van der Waals surface area contributed by atoms with Crippen molar-refractivity contribution in [1.82, 2.24) is 4.72 Å². The molecule has 0 aliphatic carbocycles. The smallest absolute Gasteiger partial charge is 0.240 e. The van der Waals surface area contributed by atoms with Crippen LogP contribution in [0.25, 0.3) is 0 Å². The fraction of sp³-hybridized carbons (Fsp3) is 0.235. The van der Waals surface area contributed by atoms with Crippen molar-refractivity contribution in [3.63, 3.8) is 0 Å². The Balaban J connectivity index is 2.12. The van der Waals surface area contributed by atoms with Crippen LogP contribution in [0.4, 0.5) is 5.69 Å². The number of sulfonamides is 1. The van der Waals surface area contributed by atoms with Crippen LogP contribution in [0.1, 0.15) is 12.5 Å². The molecule has 0 unspecified atom stereocenters. The highest BCUT2D eigenvalue weighted by molar-refractivity contribution is 7.89. The summed E-state index contributed by atoms with van der Waals surface area (Å²) in [6.07, 6.45) is 0.592. The summed E-state index contributed by atoms with van der Waals surface area (Å²) in [5, 5.41) is 2.56. The number of carbonyl (C=O) groups excluding carboxylic acids is 1. The van der Waals surface area contributed by atoms with Crippen molar-refractivity contribution in [3.05, 3.63) is 54.1 Å². The van der Waals surface area contributed by atoms with E-state index in [0.717, 1.165) is 5.56 Å². The average Bonchev–Trinajstić information content (AvgIpc) is 2.55. The van der Waals surface area contributed by atoms with E-state index in [-0.39, 0.29) is 17.3 Å². The zero-order valence-electron chi connectivity index (χ0n) is 13.6. The van der Waals surface area contributed by atoms with Crippen LogP contribution in [-0.2, 0) is 21.2 Å². The molecule has 0 aromatic heterocycles. The molecule has 0 saturated heterocycles. The normalized spacial score (nSPS) is 11.1. The molecule has 0 spiro atoms. The van der Waals surface area contributed by atoms with Crippen molar-refractivity contribution in [3.8, 4) is 5.75 Å². The monoisotopic (exact) mass is 348 g/mol. The number of benzene rings is 2. The van der Waals surface area contributed by atoms with E-state index in [1.54, 1.807) is 0 Å². The Morgan fingerprint density at radius 3 is 2.46 bits per heavy atom. The third-order valence-corrected chi connectivity index (χ3v) is 4.80. The van der Waals surface area contributed by atoms with Gasteiger partial charge in [0, 0.05) is 13.5 Å². The summed E-state index contributed by atoms with van der Waals surface area (Å²) in [5.41, 5.74) is 1.37. The van der Waals surface area contributed by atoms with Gasteiger partial charge in [-0.1, -0.05) is 30.3 Å². The average molecular weight is 348 g/mol. The maximum absolute atomic E-state index is 12.4. The van der Waals surface area contributed by atoms with Crippen molar-refractivity contribution in [1.29, 1.82) is 0 Å². The molecule has 0 radical (unpaired) electrons. The van der Waals surface area contributed by atoms with Crippen LogP contribution in [0.2, 0.25) is 0 Å². The van der Waals surface area contributed by atoms with Gasteiger partial charge in [0.25, 0.3) is 0 Å². The van der Waals surface area contributed by atoms with Gasteiger partial charge < -0.3 is 10.1 Å². The number of ether oxygens (including phenoxy) is 1. The maximum atomic E-state index is 12.4. The predicted molar refractivity (Wildman–Crippen MR) is 92.6 cm³/mol. The Hall–Kier alpha value is -2.38. The molecule has 128 valence electrons. The molecule has 6 nitrogen and oxygen atoms in total. The van der Waals surface area contributed by atoms with Gasteiger partial charge >= 0.3 is 0 Å². The zero-order chi connectivity index (χ0) is 17.6. The zero-order valence-corrected chi connectivity index (χ0v) is 14.4. The number of hydrogen-bond donors (Lipinski definition) is 2. The van der Waals surface area contributed by atoms with Gasteiger partial charge in [0.1, 0.15) is 5.75 Å². The number of amides is 1. The van der Waals surface area contributed by atoms with Gasteiger partial charge in [-0.25, -0.2) is 13.1 Å². The van der Waals surface area contributed by atoms with Crippen molar-refractivity contribution in [2.45, 2.75) is 18.2 Å². The number of nitrogens with one attached hydrogen (secondary N) is 2. The highest BCUT2D eigenvalue weighted by Crippen LogP contribution is 2.27. The molecule has 0 aliphatic rings. The van der Waals surface area contributed by atoms with Gasteiger partial charge in [-0.15, -0.1) is 0 Å². The van der Waals surface area contributed by atoms with Crippen LogP contribution in [0, 0.1) is 0 Å². The minimum absolute atomic E-state index is 0.0695. The van der Waals surface area contributed by atoms with E-state index in [2.05, 4.69) is 10.0 Å². The fourth-order valence-corrected chi connectivity index (χ4v) is 3.26. The standard InChI is InChI=1S/C17H20N2O4S/c1-13(20)19-16-12-15(8-9-17(16)23-2)24(21,22)18-11-10-14-6-4-3-5-7-14/h3-9,12,18H,10-11H2,1-2H3,(H,19,20). The van der Waals surface area contributed by atoms with Crippen LogP contribution >= 0.6 is 0 Å². The van der Waals surface area contributed by atoms with Gasteiger partial charge in [-0.3, -0.25) is 4.79 Å². The molecular formula is C17H20N2O4S. The Morgan fingerprint density at radius 2 is 1.83 bits per heavy atom. The van der Waals surface area contributed by atoms with Gasteiger partial charge in [-0.05, 0) is 30.2 Å². The van der Waals surface area contributed by atoms with Crippen LogP contribution in [0.15, 0.2) is 53.4 Å². The Bertz CT molecular complexity index is 805. The van der Waals surface area contributed by atoms with E-state index >= 15 is 0 Å². The molecule has 0 aliphatic heterocycles. The summed E-state index contributed by atoms with van der Waals surface area (Å²) in [5.74, 6) is 0.0910. The molecule has 0 saturated carbocycles. The first-order valence-corrected chi connectivity index (χ1v) is 8.90. The molecule has 2 rings (SSSR count). The number of anilines is 1. The molecule has 0 fully saturated rings. The van der Waals surface area contributed by atoms with Crippen LogP contribution in [0.5, 0.6) is 5.75 Å². The second kappa shape index (κ2) is 7.94. The molecular weight excluding hydrogens is 328 g/mol. The van der Waals surface area contributed by atoms with Crippen molar-refractivity contribution in [2.24, 2.45) is 0 Å². The van der Waals surface area contributed by atoms with Crippen LogP contribution in [-0.4, -0.2) is 28.0 Å². The molecule has 0 heterocycles. The van der Waals surface area contributed by atoms with Gasteiger partial charge in [0.15, 0.2) is 0 Å². The molecule has 7 heteroatoms. The third-order valence-electron chi connectivity index (χ3n) is 3.34. The highest BCUT2D eigenvalue weighted by Gasteiger charge is 2.16.